The lowest BCUT2D eigenvalue weighted by Gasteiger charge is -1.99. The first-order valence-electron chi connectivity index (χ1n) is 4.79. The van der Waals surface area contributed by atoms with Crippen LogP contribution in [0.4, 0.5) is 5.82 Å². The summed E-state index contributed by atoms with van der Waals surface area (Å²) in [6.07, 6.45) is 0. The second-order valence-electron chi connectivity index (χ2n) is 3.62. The smallest absolute Gasteiger partial charge is 0.145 e. The zero-order chi connectivity index (χ0) is 11.0. The van der Waals surface area contributed by atoms with E-state index in [9.17, 15) is 0 Å². The van der Waals surface area contributed by atoms with Gasteiger partial charge in [0.15, 0.2) is 0 Å². The van der Waals surface area contributed by atoms with E-state index in [0.717, 1.165) is 16.4 Å². The van der Waals surface area contributed by atoms with Gasteiger partial charge < -0.3 is 5.73 Å². The maximum Gasteiger partial charge on any atom is 0.145 e. The number of aryl methyl sites for hydroxylation is 3. The number of nitrogens with two attached hydrogens (primary N) is 1. The van der Waals surface area contributed by atoms with Crippen LogP contribution in [-0.4, -0.2) is 14.8 Å². The van der Waals surface area contributed by atoms with Crippen molar-refractivity contribution in [3.8, 4) is 0 Å². The van der Waals surface area contributed by atoms with Crippen molar-refractivity contribution in [1.82, 2.24) is 14.8 Å². The number of nitrogens with zero attached hydrogens (tertiary/aromatic N) is 3. The van der Waals surface area contributed by atoms with Crippen molar-refractivity contribution in [3.05, 3.63) is 27.3 Å². The predicted octanol–water partition coefficient (Wildman–Crippen LogP) is 1.90. The van der Waals surface area contributed by atoms with Crippen molar-refractivity contribution in [3.63, 3.8) is 0 Å². The third-order valence-electron chi connectivity index (χ3n) is 2.36. The molecule has 15 heavy (non-hydrogen) atoms. The number of thiazole rings is 1. The van der Waals surface area contributed by atoms with Gasteiger partial charge in [0.05, 0.1) is 12.2 Å². The SMILES string of the molecule is Cc1nc(Cn2nc(N)cc2C)sc1C. The lowest BCUT2D eigenvalue weighted by molar-refractivity contribution is 0.664. The van der Waals surface area contributed by atoms with Crippen LogP contribution in [-0.2, 0) is 6.54 Å². The van der Waals surface area contributed by atoms with Crippen LogP contribution in [0.2, 0.25) is 0 Å². The molecule has 0 amide bonds. The van der Waals surface area contributed by atoms with Gasteiger partial charge in [0, 0.05) is 16.6 Å². The van der Waals surface area contributed by atoms with Gasteiger partial charge in [-0.15, -0.1) is 11.3 Å². The highest BCUT2D eigenvalue weighted by molar-refractivity contribution is 7.11. The molecule has 0 saturated heterocycles. The highest BCUT2D eigenvalue weighted by Crippen LogP contribution is 2.18. The maximum atomic E-state index is 5.62. The van der Waals surface area contributed by atoms with E-state index in [-0.39, 0.29) is 0 Å². The molecule has 0 spiro atoms. The highest BCUT2D eigenvalue weighted by Gasteiger charge is 2.07. The van der Waals surface area contributed by atoms with Gasteiger partial charge in [0.1, 0.15) is 10.8 Å². The molecule has 2 N–H and O–H groups in total. The Balaban J connectivity index is 2.25. The summed E-state index contributed by atoms with van der Waals surface area (Å²) in [6.45, 7) is 6.82. The first kappa shape index (κ1) is 10.2. The quantitative estimate of drug-likeness (QED) is 0.844. The van der Waals surface area contributed by atoms with Crippen LogP contribution in [0.25, 0.3) is 0 Å². The molecule has 0 aromatic carbocycles. The molecule has 0 fully saturated rings. The van der Waals surface area contributed by atoms with Gasteiger partial charge in [-0.1, -0.05) is 0 Å². The Morgan fingerprint density at radius 2 is 2.13 bits per heavy atom. The lowest BCUT2D eigenvalue weighted by atomic mass is 10.4. The van der Waals surface area contributed by atoms with E-state index >= 15 is 0 Å². The Morgan fingerprint density at radius 1 is 1.40 bits per heavy atom. The Hall–Kier alpha value is -1.36. The van der Waals surface area contributed by atoms with Gasteiger partial charge in [-0.2, -0.15) is 5.10 Å². The maximum absolute atomic E-state index is 5.62. The molecule has 5 heteroatoms. The molecule has 0 unspecified atom stereocenters. The highest BCUT2D eigenvalue weighted by atomic mass is 32.1. The first-order chi connectivity index (χ1) is 7.06. The topological polar surface area (TPSA) is 56.7 Å². The van der Waals surface area contributed by atoms with Crippen molar-refractivity contribution in [2.24, 2.45) is 0 Å². The van der Waals surface area contributed by atoms with E-state index in [1.807, 2.05) is 24.6 Å². The second-order valence-corrected chi connectivity index (χ2v) is 4.91. The molecule has 0 aliphatic rings. The van der Waals surface area contributed by atoms with Gasteiger partial charge >= 0.3 is 0 Å². The van der Waals surface area contributed by atoms with E-state index < -0.39 is 0 Å². The molecule has 4 nitrogen and oxygen atoms in total. The van der Waals surface area contributed by atoms with Gasteiger partial charge in [0.25, 0.3) is 0 Å². The van der Waals surface area contributed by atoms with E-state index in [2.05, 4.69) is 17.0 Å². The predicted molar refractivity (Wildman–Crippen MR) is 62.1 cm³/mol. The molecule has 0 radical (unpaired) electrons. The molecule has 2 aromatic rings. The minimum absolute atomic E-state index is 0.567. The van der Waals surface area contributed by atoms with Crippen molar-refractivity contribution < 1.29 is 0 Å². The average Bonchev–Trinajstić information content (AvgIpc) is 2.59. The van der Waals surface area contributed by atoms with Crippen LogP contribution in [0, 0.1) is 20.8 Å². The van der Waals surface area contributed by atoms with Crippen molar-refractivity contribution in [2.45, 2.75) is 27.3 Å². The lowest BCUT2D eigenvalue weighted by Crippen LogP contribution is -2.03. The van der Waals surface area contributed by atoms with E-state index in [1.54, 1.807) is 11.3 Å². The van der Waals surface area contributed by atoms with E-state index in [4.69, 9.17) is 5.73 Å². The van der Waals surface area contributed by atoms with Crippen LogP contribution in [0.5, 0.6) is 0 Å². The van der Waals surface area contributed by atoms with E-state index in [1.165, 1.54) is 4.88 Å². The van der Waals surface area contributed by atoms with Crippen LogP contribution >= 0.6 is 11.3 Å². The summed E-state index contributed by atoms with van der Waals surface area (Å²) in [5.41, 5.74) is 7.79. The summed E-state index contributed by atoms with van der Waals surface area (Å²) in [5, 5.41) is 5.29. The standard InChI is InChI=1S/C10H14N4S/c1-6-4-9(11)13-14(6)5-10-12-7(2)8(3)15-10/h4H,5H2,1-3H3,(H2,11,13). The Morgan fingerprint density at radius 3 is 2.60 bits per heavy atom. The molecular weight excluding hydrogens is 208 g/mol. The summed E-state index contributed by atoms with van der Waals surface area (Å²) < 4.78 is 1.88. The number of nitrogen functional groups attached to an aromatic ring is 1. The molecule has 2 rings (SSSR count). The number of hydrogen-bond acceptors (Lipinski definition) is 4. The minimum atomic E-state index is 0.567. The zero-order valence-electron chi connectivity index (χ0n) is 9.11. The fraction of sp³-hybridized carbons (Fsp3) is 0.400. The number of anilines is 1. The fourth-order valence-corrected chi connectivity index (χ4v) is 2.35. The zero-order valence-corrected chi connectivity index (χ0v) is 9.93. The van der Waals surface area contributed by atoms with Crippen LogP contribution < -0.4 is 5.73 Å². The largest absolute Gasteiger partial charge is 0.382 e. The van der Waals surface area contributed by atoms with Gasteiger partial charge in [-0.25, -0.2) is 4.98 Å². The van der Waals surface area contributed by atoms with Crippen molar-refractivity contribution in [1.29, 1.82) is 0 Å². The number of rotatable bonds is 2. The third-order valence-corrected chi connectivity index (χ3v) is 3.42. The summed E-state index contributed by atoms with van der Waals surface area (Å²) in [7, 11) is 0. The van der Waals surface area contributed by atoms with Crippen LogP contribution in [0.3, 0.4) is 0 Å². The van der Waals surface area contributed by atoms with Gasteiger partial charge in [0.2, 0.25) is 0 Å². The molecule has 0 bridgehead atoms. The summed E-state index contributed by atoms with van der Waals surface area (Å²) in [5.74, 6) is 0.567. The average molecular weight is 222 g/mol. The molecule has 0 aliphatic carbocycles. The molecule has 2 heterocycles. The van der Waals surface area contributed by atoms with Gasteiger partial charge in [-0.05, 0) is 20.8 Å². The Labute approximate surface area is 92.8 Å². The summed E-state index contributed by atoms with van der Waals surface area (Å²) >= 11 is 1.71. The first-order valence-corrected chi connectivity index (χ1v) is 5.60. The Kier molecular flexibility index (Phi) is 2.48. The van der Waals surface area contributed by atoms with Crippen molar-refractivity contribution in [2.75, 3.05) is 5.73 Å². The molecule has 80 valence electrons. The number of aromatic nitrogens is 3. The summed E-state index contributed by atoms with van der Waals surface area (Å²) in [6, 6.07) is 1.87. The van der Waals surface area contributed by atoms with Crippen LogP contribution in [0.1, 0.15) is 21.3 Å². The summed E-state index contributed by atoms with van der Waals surface area (Å²) in [4.78, 5) is 5.74. The molecular formula is C10H14N4S. The molecule has 2 aromatic heterocycles. The van der Waals surface area contributed by atoms with E-state index in [0.29, 0.717) is 12.4 Å². The molecule has 0 atom stereocenters. The molecule has 0 aliphatic heterocycles. The number of hydrogen-bond donors (Lipinski definition) is 1. The monoisotopic (exact) mass is 222 g/mol. The van der Waals surface area contributed by atoms with Crippen molar-refractivity contribution >= 4 is 17.2 Å². The molecule has 0 saturated carbocycles. The second kappa shape index (κ2) is 3.66. The van der Waals surface area contributed by atoms with Crippen LogP contribution in [0.15, 0.2) is 6.07 Å². The minimum Gasteiger partial charge on any atom is -0.382 e. The van der Waals surface area contributed by atoms with Gasteiger partial charge in [-0.3, -0.25) is 4.68 Å². The Bertz CT molecular complexity index is 464. The normalized spacial score (nSPS) is 10.9. The fourth-order valence-electron chi connectivity index (χ4n) is 1.43. The third kappa shape index (κ3) is 2.02.